The van der Waals surface area contributed by atoms with E-state index in [2.05, 4.69) is 39.8 Å². The summed E-state index contributed by atoms with van der Waals surface area (Å²) in [6.45, 7) is 10.8. The molecule has 2 atom stereocenters. The van der Waals surface area contributed by atoms with Crippen molar-refractivity contribution < 1.29 is 20.1 Å². The van der Waals surface area contributed by atoms with Crippen LogP contribution in [0.15, 0.2) is 60.7 Å². The van der Waals surface area contributed by atoms with Crippen LogP contribution in [0.3, 0.4) is 0 Å². The molecule has 4 nitrogen and oxygen atoms in total. The molecule has 3 aromatic rings. The Morgan fingerprint density at radius 3 is 1.73 bits per heavy atom. The average Bonchev–Trinajstić information content (AvgIpc) is 2.84. The molecule has 0 aliphatic rings. The second-order valence-corrected chi connectivity index (χ2v) is 8.66. The maximum atomic E-state index is 10.1. The number of aryl methyl sites for hydroxylation is 1. The van der Waals surface area contributed by atoms with Gasteiger partial charge in [0.15, 0.2) is 0 Å². The fourth-order valence-electron chi connectivity index (χ4n) is 3.49. The monoisotopic (exact) mass is 450 g/mol. The van der Waals surface area contributed by atoms with Crippen molar-refractivity contribution in [2.45, 2.75) is 72.5 Å². The molecule has 0 aliphatic carbocycles. The van der Waals surface area contributed by atoms with Crippen LogP contribution in [-0.4, -0.2) is 15.3 Å². The minimum absolute atomic E-state index is 0.115. The summed E-state index contributed by atoms with van der Waals surface area (Å²) in [6.07, 6.45) is 2.26. The van der Waals surface area contributed by atoms with E-state index in [0.717, 1.165) is 24.2 Å². The minimum Gasteiger partial charge on any atom is -0.508 e. The molecular formula is C29H38O4. The fourth-order valence-corrected chi connectivity index (χ4v) is 3.49. The number of hydrogen-bond acceptors (Lipinski definition) is 4. The highest BCUT2D eigenvalue weighted by molar-refractivity contribution is 5.43. The third kappa shape index (κ3) is 7.83. The van der Waals surface area contributed by atoms with Crippen LogP contribution in [0.1, 0.15) is 80.2 Å². The summed E-state index contributed by atoms with van der Waals surface area (Å²) in [7, 11) is 0. The van der Waals surface area contributed by atoms with Crippen molar-refractivity contribution in [1.82, 2.24) is 0 Å². The Labute approximate surface area is 198 Å². The van der Waals surface area contributed by atoms with Crippen LogP contribution in [0.25, 0.3) is 0 Å². The van der Waals surface area contributed by atoms with Crippen LogP contribution in [0.5, 0.6) is 17.2 Å². The lowest BCUT2D eigenvalue weighted by Crippen LogP contribution is -1.99. The molecule has 0 amide bonds. The number of aromatic hydroxyl groups is 2. The third-order valence-electron chi connectivity index (χ3n) is 6.11. The van der Waals surface area contributed by atoms with Gasteiger partial charge in [-0.05, 0) is 73.1 Å². The van der Waals surface area contributed by atoms with Gasteiger partial charge in [-0.1, -0.05) is 63.6 Å². The summed E-state index contributed by atoms with van der Waals surface area (Å²) in [5.41, 5.74) is 4.81. The summed E-state index contributed by atoms with van der Waals surface area (Å²) in [5, 5.41) is 28.4. The van der Waals surface area contributed by atoms with Gasteiger partial charge in [0.25, 0.3) is 0 Å². The number of benzene rings is 3. The zero-order valence-corrected chi connectivity index (χ0v) is 20.5. The molecule has 0 aliphatic heterocycles. The largest absolute Gasteiger partial charge is 0.508 e. The van der Waals surface area contributed by atoms with Crippen LogP contribution in [0.2, 0.25) is 0 Å². The summed E-state index contributed by atoms with van der Waals surface area (Å²) in [4.78, 5) is 0. The second kappa shape index (κ2) is 12.9. The van der Waals surface area contributed by atoms with Crippen molar-refractivity contribution in [1.29, 1.82) is 0 Å². The first-order valence-electron chi connectivity index (χ1n) is 11.7. The van der Waals surface area contributed by atoms with Gasteiger partial charge in [-0.3, -0.25) is 0 Å². The Kier molecular flexibility index (Phi) is 10.3. The molecule has 0 saturated heterocycles. The molecule has 0 spiro atoms. The van der Waals surface area contributed by atoms with Crippen molar-refractivity contribution in [3.05, 3.63) is 88.5 Å². The SMILES string of the molecule is CCC(C)c1ccc(O)cc1.CCC(C)c1ccc(OCc2cc(C)cc(CO)c2O)cc1. The Hall–Kier alpha value is -2.98. The number of rotatable bonds is 8. The molecule has 0 saturated carbocycles. The van der Waals surface area contributed by atoms with E-state index in [-0.39, 0.29) is 19.0 Å². The van der Waals surface area contributed by atoms with Gasteiger partial charge >= 0.3 is 0 Å². The molecule has 0 heterocycles. The zero-order valence-electron chi connectivity index (χ0n) is 20.5. The lowest BCUT2D eigenvalue weighted by atomic mass is 9.99. The highest BCUT2D eigenvalue weighted by Crippen LogP contribution is 2.27. The topological polar surface area (TPSA) is 69.9 Å². The van der Waals surface area contributed by atoms with Crippen molar-refractivity contribution >= 4 is 0 Å². The smallest absolute Gasteiger partial charge is 0.127 e. The van der Waals surface area contributed by atoms with Gasteiger partial charge < -0.3 is 20.1 Å². The molecule has 0 radical (unpaired) electrons. The van der Waals surface area contributed by atoms with Crippen LogP contribution < -0.4 is 4.74 Å². The standard InChI is InChI=1S/C19H24O3.C10H14O/c1-4-14(3)15-5-7-18(8-6-15)22-12-17-10-13(2)9-16(11-20)19(17)21;1-3-8(2)9-4-6-10(11)7-5-9/h5-10,14,20-21H,4,11-12H2,1-3H3;4-8,11H,3H2,1-2H3. The van der Waals surface area contributed by atoms with Crippen molar-refractivity contribution in [3.63, 3.8) is 0 Å². The Bertz CT molecular complexity index is 978. The molecule has 0 aromatic heterocycles. The lowest BCUT2D eigenvalue weighted by Gasteiger charge is -2.13. The van der Waals surface area contributed by atoms with Crippen LogP contribution in [-0.2, 0) is 13.2 Å². The van der Waals surface area contributed by atoms with Crippen molar-refractivity contribution in [2.24, 2.45) is 0 Å². The molecular weight excluding hydrogens is 412 g/mol. The minimum atomic E-state index is -0.176. The van der Waals surface area contributed by atoms with Gasteiger partial charge in [-0.15, -0.1) is 0 Å². The van der Waals surface area contributed by atoms with E-state index < -0.39 is 0 Å². The fraction of sp³-hybridized carbons (Fsp3) is 0.379. The zero-order chi connectivity index (χ0) is 24.4. The van der Waals surface area contributed by atoms with Gasteiger partial charge in [0.1, 0.15) is 23.9 Å². The molecule has 33 heavy (non-hydrogen) atoms. The summed E-state index contributed by atoms with van der Waals surface area (Å²) in [6, 6.07) is 19.2. The summed E-state index contributed by atoms with van der Waals surface area (Å²) in [5.74, 6) is 2.37. The first-order chi connectivity index (χ1) is 15.8. The van der Waals surface area contributed by atoms with Gasteiger partial charge in [0.05, 0.1) is 6.61 Å². The summed E-state index contributed by atoms with van der Waals surface area (Å²) >= 11 is 0. The highest BCUT2D eigenvalue weighted by Gasteiger charge is 2.09. The number of hydrogen-bond donors (Lipinski definition) is 3. The molecule has 4 heteroatoms. The number of ether oxygens (including phenoxy) is 1. The van der Waals surface area contributed by atoms with Crippen molar-refractivity contribution in [2.75, 3.05) is 0 Å². The molecule has 178 valence electrons. The summed E-state index contributed by atoms with van der Waals surface area (Å²) < 4.78 is 5.75. The Morgan fingerprint density at radius 2 is 1.24 bits per heavy atom. The van der Waals surface area contributed by atoms with Crippen molar-refractivity contribution in [3.8, 4) is 17.2 Å². The number of phenolic OH excluding ortho intramolecular Hbond substituents is 1. The van der Waals surface area contributed by atoms with E-state index in [9.17, 15) is 10.2 Å². The first-order valence-corrected chi connectivity index (χ1v) is 11.7. The molecule has 3 N–H and O–H groups in total. The average molecular weight is 451 g/mol. The van der Waals surface area contributed by atoms with Gasteiger partial charge in [-0.25, -0.2) is 0 Å². The third-order valence-corrected chi connectivity index (χ3v) is 6.11. The number of phenols is 2. The highest BCUT2D eigenvalue weighted by atomic mass is 16.5. The maximum absolute atomic E-state index is 10.1. The van der Waals surface area contributed by atoms with Crippen LogP contribution >= 0.6 is 0 Å². The van der Waals surface area contributed by atoms with Crippen LogP contribution in [0, 0.1) is 6.92 Å². The van der Waals surface area contributed by atoms with E-state index in [1.165, 1.54) is 11.1 Å². The Balaban J connectivity index is 0.000000294. The lowest BCUT2D eigenvalue weighted by molar-refractivity contribution is 0.270. The van der Waals surface area contributed by atoms with Gasteiger partial charge in [0.2, 0.25) is 0 Å². The van der Waals surface area contributed by atoms with E-state index in [1.54, 1.807) is 18.2 Å². The predicted octanol–water partition coefficient (Wildman–Crippen LogP) is 7.19. The molecule has 3 aromatic carbocycles. The molecule has 3 rings (SSSR count). The van der Waals surface area contributed by atoms with Crippen LogP contribution in [0.4, 0.5) is 0 Å². The van der Waals surface area contributed by atoms with E-state index >= 15 is 0 Å². The van der Waals surface area contributed by atoms with E-state index in [1.807, 2.05) is 37.3 Å². The van der Waals surface area contributed by atoms with E-state index in [0.29, 0.717) is 28.7 Å². The maximum Gasteiger partial charge on any atom is 0.127 e. The number of aliphatic hydroxyl groups excluding tert-OH is 1. The van der Waals surface area contributed by atoms with Gasteiger partial charge in [-0.2, -0.15) is 0 Å². The number of aliphatic hydroxyl groups is 1. The Morgan fingerprint density at radius 1 is 0.758 bits per heavy atom. The van der Waals surface area contributed by atoms with Gasteiger partial charge in [0, 0.05) is 11.1 Å². The van der Waals surface area contributed by atoms with E-state index in [4.69, 9.17) is 9.84 Å². The molecule has 0 fully saturated rings. The normalized spacial score (nSPS) is 12.4. The second-order valence-electron chi connectivity index (χ2n) is 8.66. The molecule has 0 bridgehead atoms. The quantitative estimate of drug-likeness (QED) is 0.340. The molecule has 2 unspecified atom stereocenters. The predicted molar refractivity (Wildman–Crippen MR) is 135 cm³/mol. The first kappa shape index (κ1) is 26.3.